The first-order valence-electron chi connectivity index (χ1n) is 14.6. The van der Waals surface area contributed by atoms with E-state index in [1.807, 2.05) is 6.08 Å². The van der Waals surface area contributed by atoms with Crippen LogP contribution in [0.4, 0.5) is 5.00 Å². The highest BCUT2D eigenvalue weighted by atomic mass is 32.1. The van der Waals surface area contributed by atoms with Crippen LogP contribution in [0, 0.1) is 11.3 Å². The Hall–Kier alpha value is -4.34. The van der Waals surface area contributed by atoms with Crippen molar-refractivity contribution >= 4 is 16.3 Å². The summed E-state index contributed by atoms with van der Waals surface area (Å²) in [7, 11) is 2.10. The molecule has 11 nitrogen and oxygen atoms in total. The minimum atomic E-state index is -0.445. The Bertz CT molecular complexity index is 1710. The molecule has 1 saturated heterocycles. The molecule has 0 radical (unpaired) electrons. The summed E-state index contributed by atoms with van der Waals surface area (Å²) >= 11 is 1.52. The van der Waals surface area contributed by atoms with E-state index in [0.29, 0.717) is 33.8 Å². The molecule has 2 aliphatic carbocycles. The zero-order valence-corrected chi connectivity index (χ0v) is 24.8. The lowest BCUT2D eigenvalue weighted by molar-refractivity contribution is 0.138. The minimum absolute atomic E-state index is 0.188. The van der Waals surface area contributed by atoms with E-state index in [1.165, 1.54) is 22.4 Å². The lowest BCUT2D eigenvalue weighted by Crippen LogP contribution is -2.38. The molecule has 0 amide bonds. The SMILES string of the molecule is C=C[C@H](Oc1cc(Oc2cnccn2)nc(-c2noc3c2CCC[C@@]32CCCc3sc(N)c(C#N)c32)n1)[C@@H]1CCCN1C. The Kier molecular flexibility index (Phi) is 7.07. The number of hydrogen-bond acceptors (Lipinski definition) is 12. The highest BCUT2D eigenvalue weighted by Crippen LogP contribution is 2.55. The number of fused-ring (bicyclic) bond motifs is 4. The number of likely N-dealkylation sites (tertiary alicyclic amines) is 1. The van der Waals surface area contributed by atoms with Crippen LogP contribution in [0.5, 0.6) is 17.6 Å². The van der Waals surface area contributed by atoms with Crippen molar-refractivity contribution < 1.29 is 14.0 Å². The van der Waals surface area contributed by atoms with E-state index in [2.05, 4.69) is 39.7 Å². The predicted octanol–water partition coefficient (Wildman–Crippen LogP) is 5.22. The van der Waals surface area contributed by atoms with E-state index in [0.717, 1.165) is 74.8 Å². The van der Waals surface area contributed by atoms with Crippen molar-refractivity contribution in [2.45, 2.75) is 68.9 Å². The van der Waals surface area contributed by atoms with Crippen LogP contribution in [0.2, 0.25) is 0 Å². The number of rotatable bonds is 7. The highest BCUT2D eigenvalue weighted by molar-refractivity contribution is 7.16. The highest BCUT2D eigenvalue weighted by Gasteiger charge is 2.48. The van der Waals surface area contributed by atoms with Crippen LogP contribution in [0.1, 0.15) is 65.9 Å². The zero-order chi connectivity index (χ0) is 29.6. The standard InChI is InChI=1S/C31H32N8O3S/c1-3-21(20-8-6-14-39(20)2)40-23-15-24(41-25-17-34-12-13-35-25)37-30(36-23)27-18-7-4-10-31(28(18)42-38-27)11-5-9-22-26(31)19(16-32)29(33)43-22/h3,12-13,15,17,20-21H,1,4-11,14,33H2,2H3/t20-,21-,31-/m0/s1. The number of ether oxygens (including phenoxy) is 2. The fourth-order valence-corrected chi connectivity index (χ4v) is 8.22. The van der Waals surface area contributed by atoms with Crippen LogP contribution in [0.15, 0.2) is 41.8 Å². The number of anilines is 1. The summed E-state index contributed by atoms with van der Waals surface area (Å²) in [6.07, 6.45) is 13.6. The molecule has 4 aromatic heterocycles. The van der Waals surface area contributed by atoms with Crippen LogP contribution < -0.4 is 15.2 Å². The molecule has 1 aliphatic heterocycles. The third kappa shape index (κ3) is 4.73. The van der Waals surface area contributed by atoms with Gasteiger partial charge in [0.15, 0.2) is 17.3 Å². The van der Waals surface area contributed by atoms with Gasteiger partial charge in [-0.05, 0) is 76.6 Å². The van der Waals surface area contributed by atoms with Crippen LogP contribution in [0.3, 0.4) is 0 Å². The monoisotopic (exact) mass is 596 g/mol. The number of nitrogen functional groups attached to an aromatic ring is 1. The molecule has 0 saturated carbocycles. The summed E-state index contributed by atoms with van der Waals surface area (Å²) in [4.78, 5) is 21.3. The summed E-state index contributed by atoms with van der Waals surface area (Å²) in [5, 5.41) is 15.2. The number of thiophene rings is 1. The van der Waals surface area contributed by atoms with Crippen molar-refractivity contribution in [1.29, 1.82) is 5.26 Å². The van der Waals surface area contributed by atoms with Gasteiger partial charge in [-0.15, -0.1) is 11.3 Å². The largest absolute Gasteiger partial charge is 0.468 e. The van der Waals surface area contributed by atoms with Crippen molar-refractivity contribution in [2.75, 3.05) is 19.3 Å². The zero-order valence-electron chi connectivity index (χ0n) is 24.0. The molecule has 5 heterocycles. The van der Waals surface area contributed by atoms with Gasteiger partial charge in [-0.1, -0.05) is 11.7 Å². The van der Waals surface area contributed by atoms with E-state index in [4.69, 9.17) is 29.7 Å². The number of aryl methyl sites for hydroxylation is 1. The van der Waals surface area contributed by atoms with Crippen molar-refractivity contribution in [3.8, 4) is 35.2 Å². The molecule has 0 bridgehead atoms. The van der Waals surface area contributed by atoms with Gasteiger partial charge in [-0.3, -0.25) is 9.88 Å². The molecule has 3 atom stereocenters. The quantitative estimate of drug-likeness (QED) is 0.280. The predicted molar refractivity (Wildman–Crippen MR) is 160 cm³/mol. The molecule has 220 valence electrons. The smallest absolute Gasteiger partial charge is 0.239 e. The number of likely N-dealkylation sites (N-methyl/N-ethyl adjacent to an activating group) is 1. The van der Waals surface area contributed by atoms with Gasteiger partial charge >= 0.3 is 0 Å². The van der Waals surface area contributed by atoms with E-state index < -0.39 is 5.41 Å². The summed E-state index contributed by atoms with van der Waals surface area (Å²) < 4.78 is 18.6. The van der Waals surface area contributed by atoms with Gasteiger partial charge in [-0.25, -0.2) is 4.98 Å². The van der Waals surface area contributed by atoms with Crippen molar-refractivity contribution in [3.63, 3.8) is 0 Å². The molecule has 4 aromatic rings. The molecule has 0 aromatic carbocycles. The van der Waals surface area contributed by atoms with Crippen molar-refractivity contribution in [2.24, 2.45) is 0 Å². The number of hydrogen-bond donors (Lipinski definition) is 1. The number of nitrogens with zero attached hydrogens (tertiary/aromatic N) is 7. The molecule has 3 aliphatic rings. The molecule has 7 rings (SSSR count). The van der Waals surface area contributed by atoms with E-state index in [-0.39, 0.29) is 18.0 Å². The average Bonchev–Trinajstić information content (AvgIpc) is 3.73. The first-order valence-corrected chi connectivity index (χ1v) is 15.5. The number of nitrogens with two attached hydrogens (primary N) is 1. The summed E-state index contributed by atoms with van der Waals surface area (Å²) in [6.45, 7) is 5.04. The lowest BCUT2D eigenvalue weighted by atomic mass is 9.63. The maximum atomic E-state index is 10.0. The van der Waals surface area contributed by atoms with Crippen LogP contribution in [0.25, 0.3) is 11.5 Å². The second kappa shape index (κ2) is 11.1. The Morgan fingerprint density at radius 2 is 2.05 bits per heavy atom. The van der Waals surface area contributed by atoms with Crippen molar-refractivity contribution in [1.82, 2.24) is 30.0 Å². The summed E-state index contributed by atoms with van der Waals surface area (Å²) in [5.74, 6) is 2.01. The van der Waals surface area contributed by atoms with Gasteiger partial charge in [0.1, 0.15) is 17.2 Å². The third-order valence-electron chi connectivity index (χ3n) is 8.94. The molecule has 12 heteroatoms. The maximum absolute atomic E-state index is 10.0. The average molecular weight is 597 g/mol. The van der Waals surface area contributed by atoms with Gasteiger partial charge in [0.2, 0.25) is 17.6 Å². The molecule has 1 fully saturated rings. The third-order valence-corrected chi connectivity index (χ3v) is 10.0. The first-order chi connectivity index (χ1) is 21.0. The number of aromatic nitrogens is 5. The molecule has 0 unspecified atom stereocenters. The molecular formula is C31H32N8O3S. The molecule has 43 heavy (non-hydrogen) atoms. The Morgan fingerprint density at radius 1 is 1.21 bits per heavy atom. The summed E-state index contributed by atoms with van der Waals surface area (Å²) in [5.41, 5.74) is 8.97. The second-order valence-electron chi connectivity index (χ2n) is 11.4. The van der Waals surface area contributed by atoms with Crippen LogP contribution in [-0.2, 0) is 18.3 Å². The number of nitriles is 1. The van der Waals surface area contributed by atoms with E-state index >= 15 is 0 Å². The summed E-state index contributed by atoms with van der Waals surface area (Å²) in [6, 6.07) is 4.21. The fraction of sp³-hybridized carbons (Fsp3) is 0.419. The van der Waals surface area contributed by atoms with Gasteiger partial charge in [-0.2, -0.15) is 15.2 Å². The molecule has 2 N–H and O–H groups in total. The first kappa shape index (κ1) is 27.5. The van der Waals surface area contributed by atoms with Gasteiger partial charge in [0.05, 0.1) is 29.3 Å². The minimum Gasteiger partial charge on any atom is -0.468 e. The van der Waals surface area contributed by atoms with Crippen LogP contribution in [-0.4, -0.2) is 55.7 Å². The fourth-order valence-electron chi connectivity index (χ4n) is 7.06. The Morgan fingerprint density at radius 3 is 2.79 bits per heavy atom. The normalized spacial score (nSPS) is 22.0. The lowest BCUT2D eigenvalue weighted by Gasteiger charge is -2.39. The molecule has 1 spiro atoms. The van der Waals surface area contributed by atoms with E-state index in [1.54, 1.807) is 18.5 Å². The molecular weight excluding hydrogens is 564 g/mol. The van der Waals surface area contributed by atoms with Gasteiger partial charge in [0.25, 0.3) is 0 Å². The van der Waals surface area contributed by atoms with E-state index in [9.17, 15) is 5.26 Å². The van der Waals surface area contributed by atoms with Crippen molar-refractivity contribution in [3.05, 3.63) is 64.6 Å². The maximum Gasteiger partial charge on any atom is 0.239 e. The topological polar surface area (TPSA) is 149 Å². The Labute approximate surface area is 253 Å². The Balaban J connectivity index is 1.32. The van der Waals surface area contributed by atoms with Gasteiger partial charge < -0.3 is 19.7 Å². The second-order valence-corrected chi connectivity index (χ2v) is 12.5. The van der Waals surface area contributed by atoms with Gasteiger partial charge in [0, 0.05) is 22.8 Å². The van der Waals surface area contributed by atoms with Crippen LogP contribution >= 0.6 is 11.3 Å².